The average Bonchev–Trinajstić information content (AvgIpc) is 3.48. The third-order valence-corrected chi connectivity index (χ3v) is 5.80. The summed E-state index contributed by atoms with van der Waals surface area (Å²) < 4.78 is 12.5. The van der Waals surface area contributed by atoms with E-state index in [9.17, 15) is 4.79 Å². The molecule has 0 fully saturated rings. The maximum absolute atomic E-state index is 12.2. The molecule has 0 bridgehead atoms. The highest BCUT2D eigenvalue weighted by atomic mass is 32.1. The van der Waals surface area contributed by atoms with Crippen LogP contribution in [0, 0.1) is 6.92 Å². The molecule has 2 aromatic carbocycles. The number of amides is 1. The average molecular weight is 433 g/mol. The van der Waals surface area contributed by atoms with Crippen LogP contribution in [0.1, 0.15) is 16.8 Å². The fourth-order valence-electron chi connectivity index (χ4n) is 3.36. The van der Waals surface area contributed by atoms with E-state index in [0.29, 0.717) is 24.5 Å². The van der Waals surface area contributed by atoms with Crippen LogP contribution < -0.4 is 14.8 Å². The molecule has 0 aliphatic carbocycles. The van der Waals surface area contributed by atoms with Crippen molar-refractivity contribution in [2.24, 2.45) is 0 Å². The normalized spacial score (nSPS) is 12.7. The van der Waals surface area contributed by atoms with E-state index in [4.69, 9.17) is 9.47 Å². The lowest BCUT2D eigenvalue weighted by Crippen LogP contribution is -2.23. The molecular weight excluding hydrogens is 412 g/mol. The van der Waals surface area contributed by atoms with Crippen molar-refractivity contribution in [3.63, 3.8) is 0 Å². The van der Waals surface area contributed by atoms with E-state index in [-0.39, 0.29) is 12.7 Å². The highest BCUT2D eigenvalue weighted by molar-refractivity contribution is 7.15. The molecule has 1 aliphatic heterocycles. The van der Waals surface area contributed by atoms with Crippen molar-refractivity contribution in [2.75, 3.05) is 13.3 Å². The molecule has 0 radical (unpaired) electrons. The van der Waals surface area contributed by atoms with Crippen LogP contribution in [0.5, 0.6) is 11.5 Å². The maximum atomic E-state index is 12.2. The Kier molecular flexibility index (Phi) is 5.13. The zero-order valence-electron chi connectivity index (χ0n) is 16.9. The lowest BCUT2D eigenvalue weighted by atomic mass is 10.1. The lowest BCUT2D eigenvalue weighted by Gasteiger charge is -2.02. The number of hydrogen-bond acceptors (Lipinski definition) is 6. The number of thiazole rings is 1. The number of aryl methyl sites for hydroxylation is 1. The third-order valence-electron chi connectivity index (χ3n) is 4.93. The third kappa shape index (κ3) is 4.15. The molecule has 1 aliphatic rings. The van der Waals surface area contributed by atoms with Crippen LogP contribution in [0.2, 0.25) is 0 Å². The summed E-state index contributed by atoms with van der Waals surface area (Å²) in [6.07, 6.45) is 3.94. The van der Waals surface area contributed by atoms with Gasteiger partial charge in [0.2, 0.25) is 17.7 Å². The number of rotatable bonds is 6. The molecule has 31 heavy (non-hydrogen) atoms. The van der Waals surface area contributed by atoms with E-state index < -0.39 is 0 Å². The molecule has 2 aromatic heterocycles. The molecule has 5 rings (SSSR count). The molecule has 1 amide bonds. The fraction of sp³-hybridized carbons (Fsp3) is 0.174. The maximum Gasteiger partial charge on any atom is 0.244 e. The van der Waals surface area contributed by atoms with E-state index >= 15 is 0 Å². The summed E-state index contributed by atoms with van der Waals surface area (Å²) in [4.78, 5) is 17.7. The van der Waals surface area contributed by atoms with Crippen LogP contribution in [0.15, 0.2) is 53.9 Å². The Labute approximate surface area is 183 Å². The zero-order chi connectivity index (χ0) is 21.2. The van der Waals surface area contributed by atoms with Gasteiger partial charge in [-0.05, 0) is 36.8 Å². The lowest BCUT2D eigenvalue weighted by molar-refractivity contribution is -0.116. The van der Waals surface area contributed by atoms with Crippen LogP contribution in [-0.4, -0.2) is 33.8 Å². The molecule has 7 nitrogen and oxygen atoms in total. The van der Waals surface area contributed by atoms with E-state index in [0.717, 1.165) is 27.5 Å². The molecule has 0 spiro atoms. The highest BCUT2D eigenvalue weighted by Crippen LogP contribution is 2.32. The van der Waals surface area contributed by atoms with Crippen molar-refractivity contribution < 1.29 is 14.3 Å². The van der Waals surface area contributed by atoms with Gasteiger partial charge in [0, 0.05) is 30.0 Å². The minimum absolute atomic E-state index is 0.150. The Hall–Kier alpha value is -3.65. The first-order valence-corrected chi connectivity index (χ1v) is 10.8. The second-order valence-electron chi connectivity index (χ2n) is 7.21. The Morgan fingerprint density at radius 2 is 2.13 bits per heavy atom. The summed E-state index contributed by atoms with van der Waals surface area (Å²) in [7, 11) is 0. The monoisotopic (exact) mass is 432 g/mol. The Morgan fingerprint density at radius 3 is 3.03 bits per heavy atom. The Balaban J connectivity index is 1.19. The smallest absolute Gasteiger partial charge is 0.244 e. The second kappa shape index (κ2) is 8.23. The second-order valence-corrected chi connectivity index (χ2v) is 8.05. The van der Waals surface area contributed by atoms with Gasteiger partial charge in [-0.15, -0.1) is 16.4 Å². The first-order chi connectivity index (χ1) is 15.2. The van der Waals surface area contributed by atoms with Gasteiger partial charge in [0.05, 0.1) is 5.69 Å². The molecule has 0 saturated heterocycles. The van der Waals surface area contributed by atoms with E-state index in [1.165, 1.54) is 11.6 Å². The van der Waals surface area contributed by atoms with E-state index in [1.54, 1.807) is 17.4 Å². The summed E-state index contributed by atoms with van der Waals surface area (Å²) in [5, 5.41) is 9.60. The molecule has 4 aromatic rings. The molecule has 0 unspecified atom stereocenters. The van der Waals surface area contributed by atoms with E-state index in [2.05, 4.69) is 34.5 Å². The van der Waals surface area contributed by atoms with Crippen molar-refractivity contribution in [3.05, 3.63) is 70.7 Å². The number of benzene rings is 2. The van der Waals surface area contributed by atoms with Gasteiger partial charge < -0.3 is 14.8 Å². The summed E-state index contributed by atoms with van der Waals surface area (Å²) in [6, 6.07) is 13.7. The van der Waals surface area contributed by atoms with Gasteiger partial charge in [0.1, 0.15) is 0 Å². The molecule has 0 atom stereocenters. The molecule has 8 heteroatoms. The summed E-state index contributed by atoms with van der Waals surface area (Å²) >= 11 is 1.55. The summed E-state index contributed by atoms with van der Waals surface area (Å²) in [5.41, 5.74) is 4.08. The number of nitrogens with one attached hydrogen (secondary N) is 1. The van der Waals surface area contributed by atoms with Crippen molar-refractivity contribution in [1.82, 2.24) is 19.9 Å². The van der Waals surface area contributed by atoms with Crippen LogP contribution in [-0.2, 0) is 11.2 Å². The van der Waals surface area contributed by atoms with Gasteiger partial charge in [-0.3, -0.25) is 4.79 Å². The number of aromatic nitrogens is 3. The van der Waals surface area contributed by atoms with Crippen LogP contribution in [0.25, 0.3) is 22.4 Å². The minimum atomic E-state index is -0.150. The van der Waals surface area contributed by atoms with Crippen LogP contribution >= 0.6 is 11.3 Å². The number of carbonyl (C=O) groups is 1. The predicted molar refractivity (Wildman–Crippen MR) is 119 cm³/mol. The van der Waals surface area contributed by atoms with Gasteiger partial charge in [0.25, 0.3) is 0 Å². The van der Waals surface area contributed by atoms with Crippen LogP contribution in [0.4, 0.5) is 0 Å². The van der Waals surface area contributed by atoms with Gasteiger partial charge in [0.15, 0.2) is 17.3 Å². The molecule has 3 heterocycles. The Morgan fingerprint density at radius 1 is 1.23 bits per heavy atom. The van der Waals surface area contributed by atoms with E-state index in [1.807, 2.05) is 40.2 Å². The van der Waals surface area contributed by atoms with Crippen molar-refractivity contribution in [3.8, 4) is 22.9 Å². The van der Waals surface area contributed by atoms with Crippen LogP contribution in [0.3, 0.4) is 0 Å². The van der Waals surface area contributed by atoms with Crippen molar-refractivity contribution >= 4 is 28.3 Å². The largest absolute Gasteiger partial charge is 0.454 e. The number of carbonyl (C=O) groups excluding carboxylic acids is 1. The van der Waals surface area contributed by atoms with Gasteiger partial charge in [-0.2, -0.15) is 4.98 Å². The number of fused-ring (bicyclic) bond motifs is 2. The highest BCUT2D eigenvalue weighted by Gasteiger charge is 2.13. The molecule has 156 valence electrons. The zero-order valence-corrected chi connectivity index (χ0v) is 17.7. The van der Waals surface area contributed by atoms with Crippen molar-refractivity contribution in [2.45, 2.75) is 13.3 Å². The Bertz CT molecular complexity index is 1290. The molecule has 1 N–H and O–H groups in total. The predicted octanol–water partition coefficient (Wildman–Crippen LogP) is 3.87. The number of nitrogens with zero attached hydrogens (tertiary/aromatic N) is 3. The minimum Gasteiger partial charge on any atom is -0.454 e. The summed E-state index contributed by atoms with van der Waals surface area (Å²) in [5.74, 6) is 1.99. The van der Waals surface area contributed by atoms with Gasteiger partial charge in [-0.1, -0.05) is 29.8 Å². The van der Waals surface area contributed by atoms with Crippen molar-refractivity contribution in [1.29, 1.82) is 0 Å². The first kappa shape index (κ1) is 19.3. The van der Waals surface area contributed by atoms with Gasteiger partial charge in [-0.25, -0.2) is 4.52 Å². The first-order valence-electron chi connectivity index (χ1n) is 9.91. The quantitative estimate of drug-likeness (QED) is 0.468. The molecule has 0 saturated carbocycles. The fourth-order valence-corrected chi connectivity index (χ4v) is 4.22. The molecular formula is C23H20N4O3S. The number of ether oxygens (including phenoxy) is 2. The van der Waals surface area contributed by atoms with Gasteiger partial charge >= 0.3 is 0 Å². The SMILES string of the molecule is Cc1cccc(-c2nc3scc(CCNC(=O)/C=C/c4ccc5c(c4)OCO5)n3n2)c1. The summed E-state index contributed by atoms with van der Waals surface area (Å²) in [6.45, 7) is 2.80. The number of hydrogen-bond donors (Lipinski definition) is 1. The topological polar surface area (TPSA) is 77.8 Å². The standard InChI is InChI=1S/C23H20N4O3S/c1-15-3-2-4-17(11-15)22-25-23-27(26-22)18(13-31-23)9-10-24-21(28)8-6-16-5-7-19-20(12-16)30-14-29-19/h2-8,11-13H,9-10,14H2,1H3,(H,24,28)/b8-6+.